The fourth-order valence-corrected chi connectivity index (χ4v) is 1.15. The highest BCUT2D eigenvalue weighted by Crippen LogP contribution is 2.15. The molecule has 2 aromatic carbocycles. The Morgan fingerprint density at radius 3 is 1.53 bits per heavy atom. The summed E-state index contributed by atoms with van der Waals surface area (Å²) in [4.78, 5) is 0. The van der Waals surface area contributed by atoms with Crippen molar-refractivity contribution in [2.75, 3.05) is 6.61 Å². The Morgan fingerprint density at radius 2 is 1.16 bits per heavy atom. The van der Waals surface area contributed by atoms with E-state index in [1.54, 1.807) is 30.3 Å². The van der Waals surface area contributed by atoms with E-state index in [9.17, 15) is 0 Å². The predicted molar refractivity (Wildman–Crippen MR) is 73.6 cm³/mol. The summed E-state index contributed by atoms with van der Waals surface area (Å²) in [5.74, 6) is 1.32. The predicted octanol–water partition coefficient (Wildman–Crippen LogP) is 3.05. The second-order valence-corrected chi connectivity index (χ2v) is 3.61. The Kier molecular flexibility index (Phi) is 5.82. The van der Waals surface area contributed by atoms with Crippen LogP contribution < -0.4 is 4.74 Å². The van der Waals surface area contributed by atoms with E-state index in [2.05, 4.69) is 6.58 Å². The van der Waals surface area contributed by atoms with E-state index in [1.807, 2.05) is 0 Å². The number of phenols is 3. The van der Waals surface area contributed by atoms with Gasteiger partial charge in [0.25, 0.3) is 0 Å². The zero-order valence-corrected chi connectivity index (χ0v) is 10.4. The molecule has 0 aromatic heterocycles. The number of aromatic hydroxyl groups is 3. The average molecular weight is 260 g/mol. The molecule has 0 heterocycles. The van der Waals surface area contributed by atoms with E-state index in [4.69, 9.17) is 20.1 Å². The van der Waals surface area contributed by atoms with Gasteiger partial charge in [0.2, 0.25) is 0 Å². The number of benzene rings is 2. The van der Waals surface area contributed by atoms with Crippen molar-refractivity contribution in [2.24, 2.45) is 0 Å². The minimum atomic E-state index is 0.169. The lowest BCUT2D eigenvalue weighted by Gasteiger charge is -2.01. The monoisotopic (exact) mass is 260 g/mol. The van der Waals surface area contributed by atoms with Crippen LogP contribution in [0.5, 0.6) is 23.0 Å². The summed E-state index contributed by atoms with van der Waals surface area (Å²) >= 11 is 0. The highest BCUT2D eigenvalue weighted by atomic mass is 16.5. The third kappa shape index (κ3) is 6.02. The van der Waals surface area contributed by atoms with Gasteiger partial charge in [0.1, 0.15) is 29.6 Å². The highest BCUT2D eigenvalue weighted by Gasteiger charge is 1.90. The van der Waals surface area contributed by atoms with Gasteiger partial charge >= 0.3 is 0 Å². The second-order valence-electron chi connectivity index (χ2n) is 3.61. The van der Waals surface area contributed by atoms with Crippen LogP contribution in [0, 0.1) is 0 Å². The Morgan fingerprint density at radius 1 is 0.789 bits per heavy atom. The maximum Gasteiger partial charge on any atom is 0.120 e. The fraction of sp³-hybridized carbons (Fsp3) is 0.0667. The van der Waals surface area contributed by atoms with Crippen molar-refractivity contribution < 1.29 is 20.1 Å². The largest absolute Gasteiger partial charge is 0.508 e. The summed E-state index contributed by atoms with van der Waals surface area (Å²) in [6, 6.07) is 12.3. The zero-order valence-electron chi connectivity index (χ0n) is 10.4. The summed E-state index contributed by atoms with van der Waals surface area (Å²) in [7, 11) is 0. The van der Waals surface area contributed by atoms with Crippen molar-refractivity contribution in [3.8, 4) is 23.0 Å². The number of hydrogen-bond donors (Lipinski definition) is 3. The molecule has 2 aromatic rings. The molecule has 0 saturated heterocycles. The van der Waals surface area contributed by atoms with Crippen LogP contribution in [0.3, 0.4) is 0 Å². The van der Waals surface area contributed by atoms with Gasteiger partial charge in [-0.15, -0.1) is 0 Å². The van der Waals surface area contributed by atoms with E-state index < -0.39 is 0 Å². The minimum absolute atomic E-state index is 0.169. The second kappa shape index (κ2) is 7.66. The molecule has 0 aliphatic rings. The lowest BCUT2D eigenvalue weighted by molar-refractivity contribution is 0.362. The molecule has 0 aliphatic heterocycles. The molecule has 0 unspecified atom stereocenters. The maximum absolute atomic E-state index is 8.91. The van der Waals surface area contributed by atoms with Crippen LogP contribution in [0.1, 0.15) is 0 Å². The molecule has 0 aliphatic carbocycles. The first-order valence-electron chi connectivity index (χ1n) is 5.62. The molecule has 2 rings (SSSR count). The van der Waals surface area contributed by atoms with Gasteiger partial charge in [0.15, 0.2) is 0 Å². The lowest BCUT2D eigenvalue weighted by atomic mass is 10.3. The van der Waals surface area contributed by atoms with E-state index in [-0.39, 0.29) is 17.2 Å². The van der Waals surface area contributed by atoms with Crippen molar-refractivity contribution in [1.29, 1.82) is 0 Å². The van der Waals surface area contributed by atoms with Gasteiger partial charge in [-0.2, -0.15) is 0 Å². The summed E-state index contributed by atoms with van der Waals surface area (Å²) in [5.41, 5.74) is 0. The summed E-state index contributed by atoms with van der Waals surface area (Å²) in [5, 5.41) is 26.2. The zero-order chi connectivity index (χ0) is 14.1. The Hall–Kier alpha value is -2.62. The van der Waals surface area contributed by atoms with Crippen LogP contribution in [-0.4, -0.2) is 21.9 Å². The van der Waals surface area contributed by atoms with Gasteiger partial charge in [-0.05, 0) is 48.5 Å². The first-order valence-corrected chi connectivity index (χ1v) is 5.62. The van der Waals surface area contributed by atoms with E-state index >= 15 is 0 Å². The molecule has 0 fully saturated rings. The maximum atomic E-state index is 8.91. The first kappa shape index (κ1) is 14.4. The van der Waals surface area contributed by atoms with Gasteiger partial charge < -0.3 is 20.1 Å². The molecule has 19 heavy (non-hydrogen) atoms. The van der Waals surface area contributed by atoms with Crippen LogP contribution in [0.4, 0.5) is 0 Å². The third-order valence-electron chi connectivity index (χ3n) is 2.05. The molecule has 0 spiro atoms. The van der Waals surface area contributed by atoms with Gasteiger partial charge in [0.05, 0.1) is 0 Å². The molecule has 4 nitrogen and oxygen atoms in total. The van der Waals surface area contributed by atoms with Gasteiger partial charge in [-0.25, -0.2) is 0 Å². The standard InChI is InChI=1S/C9H10O2.C6H6O2/c1-2-7-11-9-5-3-8(10)4-6-9;7-5-1-2-6(8)4-3-5/h2-6,10H,1,7H2;1-4,7-8H. The van der Waals surface area contributed by atoms with E-state index in [0.717, 1.165) is 5.75 Å². The van der Waals surface area contributed by atoms with Crippen molar-refractivity contribution in [2.45, 2.75) is 0 Å². The molecule has 0 saturated carbocycles. The summed E-state index contributed by atoms with van der Waals surface area (Å²) in [6.45, 7) is 4.01. The Balaban J connectivity index is 0.000000200. The molecule has 4 heteroatoms. The molecule has 0 atom stereocenters. The molecule has 100 valence electrons. The average Bonchev–Trinajstić information content (AvgIpc) is 2.42. The first-order chi connectivity index (χ1) is 9.11. The fourth-order valence-electron chi connectivity index (χ4n) is 1.15. The lowest BCUT2D eigenvalue weighted by Crippen LogP contribution is -1.91. The van der Waals surface area contributed by atoms with Gasteiger partial charge in [-0.1, -0.05) is 12.7 Å². The molecule has 0 radical (unpaired) electrons. The number of rotatable bonds is 3. The minimum Gasteiger partial charge on any atom is -0.508 e. The van der Waals surface area contributed by atoms with Crippen LogP contribution in [0.25, 0.3) is 0 Å². The number of ether oxygens (including phenoxy) is 1. The summed E-state index contributed by atoms with van der Waals surface area (Å²) in [6.07, 6.45) is 1.67. The normalized spacial score (nSPS) is 9.05. The summed E-state index contributed by atoms with van der Waals surface area (Å²) < 4.78 is 5.18. The van der Waals surface area contributed by atoms with Crippen molar-refractivity contribution in [3.05, 3.63) is 61.2 Å². The van der Waals surface area contributed by atoms with Crippen LogP contribution in [-0.2, 0) is 0 Å². The SMILES string of the molecule is C=CCOc1ccc(O)cc1.Oc1ccc(O)cc1. The van der Waals surface area contributed by atoms with Gasteiger partial charge in [0, 0.05) is 0 Å². The van der Waals surface area contributed by atoms with E-state index in [0.29, 0.717) is 6.61 Å². The van der Waals surface area contributed by atoms with Crippen molar-refractivity contribution >= 4 is 0 Å². The van der Waals surface area contributed by atoms with Crippen LogP contribution in [0.15, 0.2) is 61.2 Å². The molecular weight excluding hydrogens is 244 g/mol. The third-order valence-corrected chi connectivity index (χ3v) is 2.05. The van der Waals surface area contributed by atoms with Crippen LogP contribution >= 0.6 is 0 Å². The smallest absolute Gasteiger partial charge is 0.120 e. The highest BCUT2D eigenvalue weighted by molar-refractivity contribution is 5.30. The van der Waals surface area contributed by atoms with E-state index in [1.165, 1.54) is 24.3 Å². The van der Waals surface area contributed by atoms with Crippen molar-refractivity contribution in [3.63, 3.8) is 0 Å². The molecule has 3 N–H and O–H groups in total. The topological polar surface area (TPSA) is 69.9 Å². The van der Waals surface area contributed by atoms with Gasteiger partial charge in [-0.3, -0.25) is 0 Å². The van der Waals surface area contributed by atoms with Crippen molar-refractivity contribution in [1.82, 2.24) is 0 Å². The Bertz CT molecular complexity index is 468. The van der Waals surface area contributed by atoms with Crippen LogP contribution in [0.2, 0.25) is 0 Å². The number of hydrogen-bond acceptors (Lipinski definition) is 4. The molecule has 0 amide bonds. The molecule has 0 bridgehead atoms. The quantitative estimate of drug-likeness (QED) is 0.586. The Labute approximate surface area is 111 Å². The molecular formula is C15H16O4. The number of phenolic OH excluding ortho intramolecular Hbond substituents is 3.